The summed E-state index contributed by atoms with van der Waals surface area (Å²) in [5.41, 5.74) is 6.69. The average molecular weight is 286 g/mol. The first-order chi connectivity index (χ1) is 8.86. The van der Waals surface area contributed by atoms with E-state index in [0.717, 1.165) is 4.31 Å². The average Bonchev–Trinajstić information content (AvgIpc) is 2.70. The Morgan fingerprint density at radius 2 is 1.89 bits per heavy atom. The number of hydrogen-bond donors (Lipinski definition) is 3. The van der Waals surface area contributed by atoms with E-state index in [1.807, 2.05) is 6.92 Å². The molecule has 1 fully saturated rings. The third kappa shape index (κ3) is 2.59. The minimum absolute atomic E-state index is 0.0958. The van der Waals surface area contributed by atoms with Crippen molar-refractivity contribution in [3.63, 3.8) is 0 Å². The molecule has 1 aromatic rings. The fraction of sp³-hybridized carbons (Fsp3) is 0.500. The fourth-order valence-electron chi connectivity index (χ4n) is 2.17. The van der Waals surface area contributed by atoms with Gasteiger partial charge in [0, 0.05) is 18.8 Å². The number of β-amino-alcohol motifs (C(OH)–C–C–N with tert-alkyl or cyclic N) is 2. The monoisotopic (exact) mass is 286 g/mol. The Balaban J connectivity index is 2.43. The summed E-state index contributed by atoms with van der Waals surface area (Å²) < 4.78 is 26.1. The Bertz CT molecular complexity index is 563. The molecule has 2 rings (SSSR count). The predicted octanol–water partition coefficient (Wildman–Crippen LogP) is -0.443. The van der Waals surface area contributed by atoms with E-state index in [1.165, 1.54) is 6.07 Å². The highest BCUT2D eigenvalue weighted by atomic mass is 32.2. The summed E-state index contributed by atoms with van der Waals surface area (Å²) in [5, 5.41) is 19.0. The minimum Gasteiger partial charge on any atom is -0.399 e. The van der Waals surface area contributed by atoms with E-state index in [0.29, 0.717) is 17.7 Å². The molecular formula is C12H18N2O4S. The molecule has 0 saturated carbocycles. The van der Waals surface area contributed by atoms with Crippen LogP contribution in [0.1, 0.15) is 12.5 Å². The van der Waals surface area contributed by atoms with E-state index in [1.54, 1.807) is 12.1 Å². The van der Waals surface area contributed by atoms with Gasteiger partial charge < -0.3 is 15.9 Å². The lowest BCUT2D eigenvalue weighted by molar-refractivity contribution is 0.0572. The van der Waals surface area contributed by atoms with Crippen LogP contribution in [0.2, 0.25) is 0 Å². The van der Waals surface area contributed by atoms with Gasteiger partial charge in [-0.3, -0.25) is 0 Å². The zero-order valence-electron chi connectivity index (χ0n) is 10.7. The second-order valence-electron chi connectivity index (χ2n) is 4.68. The van der Waals surface area contributed by atoms with E-state index in [2.05, 4.69) is 0 Å². The number of aliphatic hydroxyl groups excluding tert-OH is 2. The fourth-order valence-corrected chi connectivity index (χ4v) is 3.98. The van der Waals surface area contributed by atoms with Crippen molar-refractivity contribution in [3.05, 3.63) is 23.8 Å². The smallest absolute Gasteiger partial charge is 0.243 e. The summed E-state index contributed by atoms with van der Waals surface area (Å²) >= 11 is 0. The van der Waals surface area contributed by atoms with Crippen molar-refractivity contribution in [1.29, 1.82) is 0 Å². The summed E-state index contributed by atoms with van der Waals surface area (Å²) in [5.74, 6) is 0. The largest absolute Gasteiger partial charge is 0.399 e. The van der Waals surface area contributed by atoms with E-state index in [4.69, 9.17) is 5.73 Å². The van der Waals surface area contributed by atoms with Crippen LogP contribution in [0, 0.1) is 0 Å². The molecule has 1 saturated heterocycles. The number of anilines is 1. The molecule has 0 radical (unpaired) electrons. The van der Waals surface area contributed by atoms with E-state index < -0.39 is 22.2 Å². The van der Waals surface area contributed by atoms with Crippen molar-refractivity contribution in [2.75, 3.05) is 18.8 Å². The van der Waals surface area contributed by atoms with Crippen LogP contribution in [0.4, 0.5) is 5.69 Å². The standard InChI is InChI=1S/C12H18N2O4S/c1-2-8-3-4-9(13)5-12(8)19(17,18)14-6-10(15)11(16)7-14/h3-5,10-11,15-16H,2,6-7,13H2,1H3/t10-,11+. The predicted molar refractivity (Wildman–Crippen MR) is 71.0 cm³/mol. The SMILES string of the molecule is CCc1ccc(N)cc1S(=O)(=O)N1C[C@@H](O)[C@@H](O)C1. The van der Waals surface area contributed by atoms with E-state index in [-0.39, 0.29) is 18.0 Å². The molecule has 0 unspecified atom stereocenters. The minimum atomic E-state index is -3.74. The molecule has 0 aromatic heterocycles. The first-order valence-corrected chi connectivity index (χ1v) is 7.55. The third-order valence-corrected chi connectivity index (χ3v) is 5.23. The maximum Gasteiger partial charge on any atom is 0.243 e. The second-order valence-corrected chi connectivity index (χ2v) is 6.58. The number of benzene rings is 1. The zero-order chi connectivity index (χ0) is 14.2. The Morgan fingerprint density at radius 1 is 1.32 bits per heavy atom. The number of aryl methyl sites for hydroxylation is 1. The topological polar surface area (TPSA) is 104 Å². The highest BCUT2D eigenvalue weighted by molar-refractivity contribution is 7.89. The lowest BCUT2D eigenvalue weighted by atomic mass is 10.1. The maximum atomic E-state index is 12.5. The number of sulfonamides is 1. The lowest BCUT2D eigenvalue weighted by Crippen LogP contribution is -2.30. The molecule has 1 aliphatic heterocycles. The van der Waals surface area contributed by atoms with Gasteiger partial charge in [-0.1, -0.05) is 13.0 Å². The van der Waals surface area contributed by atoms with Gasteiger partial charge in [-0.05, 0) is 24.1 Å². The summed E-state index contributed by atoms with van der Waals surface area (Å²) in [7, 11) is -3.74. The molecule has 2 atom stereocenters. The van der Waals surface area contributed by atoms with Gasteiger partial charge in [-0.15, -0.1) is 0 Å². The molecule has 7 heteroatoms. The van der Waals surface area contributed by atoms with Crippen molar-refractivity contribution in [1.82, 2.24) is 4.31 Å². The van der Waals surface area contributed by atoms with Crippen molar-refractivity contribution >= 4 is 15.7 Å². The van der Waals surface area contributed by atoms with Crippen LogP contribution in [-0.2, 0) is 16.4 Å². The molecule has 4 N–H and O–H groups in total. The molecule has 106 valence electrons. The molecule has 19 heavy (non-hydrogen) atoms. The Labute approximate surface area is 112 Å². The Morgan fingerprint density at radius 3 is 2.42 bits per heavy atom. The van der Waals surface area contributed by atoms with Crippen LogP contribution in [0.25, 0.3) is 0 Å². The third-order valence-electron chi connectivity index (χ3n) is 3.32. The van der Waals surface area contributed by atoms with Gasteiger partial charge in [-0.25, -0.2) is 8.42 Å². The quantitative estimate of drug-likeness (QED) is 0.653. The molecule has 0 aliphatic carbocycles. The second kappa shape index (κ2) is 5.09. The first-order valence-electron chi connectivity index (χ1n) is 6.11. The Hall–Kier alpha value is -1.15. The van der Waals surface area contributed by atoms with Crippen molar-refractivity contribution in [2.24, 2.45) is 0 Å². The molecule has 1 heterocycles. The van der Waals surface area contributed by atoms with Gasteiger partial charge in [0.2, 0.25) is 10.0 Å². The Kier molecular flexibility index (Phi) is 3.82. The van der Waals surface area contributed by atoms with Gasteiger partial charge in [0.1, 0.15) is 0 Å². The number of nitrogen functional groups attached to an aromatic ring is 1. The normalized spacial score (nSPS) is 24.8. The van der Waals surface area contributed by atoms with Crippen molar-refractivity contribution < 1.29 is 18.6 Å². The van der Waals surface area contributed by atoms with Crippen LogP contribution < -0.4 is 5.73 Å². The number of rotatable bonds is 3. The van der Waals surface area contributed by atoms with Gasteiger partial charge in [0.25, 0.3) is 0 Å². The summed E-state index contributed by atoms with van der Waals surface area (Å²) in [6.07, 6.45) is -1.52. The number of aliphatic hydroxyl groups is 2. The van der Waals surface area contributed by atoms with Gasteiger partial charge in [0.05, 0.1) is 17.1 Å². The summed E-state index contributed by atoms with van der Waals surface area (Å²) in [6.45, 7) is 1.67. The van der Waals surface area contributed by atoms with Crippen molar-refractivity contribution in [2.45, 2.75) is 30.4 Å². The molecular weight excluding hydrogens is 268 g/mol. The maximum absolute atomic E-state index is 12.5. The molecule has 0 bridgehead atoms. The van der Waals surface area contributed by atoms with Crippen LogP contribution in [0.5, 0.6) is 0 Å². The lowest BCUT2D eigenvalue weighted by Gasteiger charge is -2.18. The number of nitrogens with two attached hydrogens (primary N) is 1. The molecule has 0 spiro atoms. The first kappa shape index (κ1) is 14.3. The molecule has 6 nitrogen and oxygen atoms in total. The van der Waals surface area contributed by atoms with Gasteiger partial charge >= 0.3 is 0 Å². The van der Waals surface area contributed by atoms with Crippen LogP contribution >= 0.6 is 0 Å². The summed E-state index contributed by atoms with van der Waals surface area (Å²) in [4.78, 5) is 0.149. The van der Waals surface area contributed by atoms with Gasteiger partial charge in [0.15, 0.2) is 0 Å². The van der Waals surface area contributed by atoms with E-state index >= 15 is 0 Å². The molecule has 1 aliphatic rings. The van der Waals surface area contributed by atoms with Crippen LogP contribution in [0.15, 0.2) is 23.1 Å². The van der Waals surface area contributed by atoms with E-state index in [9.17, 15) is 18.6 Å². The van der Waals surface area contributed by atoms with Crippen molar-refractivity contribution in [3.8, 4) is 0 Å². The van der Waals surface area contributed by atoms with Gasteiger partial charge in [-0.2, -0.15) is 4.31 Å². The number of hydrogen-bond acceptors (Lipinski definition) is 5. The molecule has 1 aromatic carbocycles. The highest BCUT2D eigenvalue weighted by Crippen LogP contribution is 2.26. The van der Waals surface area contributed by atoms with Crippen LogP contribution in [0.3, 0.4) is 0 Å². The molecule has 0 amide bonds. The summed E-state index contributed by atoms with van der Waals surface area (Å²) in [6, 6.07) is 4.77. The zero-order valence-corrected chi connectivity index (χ0v) is 11.5. The number of nitrogens with zero attached hydrogens (tertiary/aromatic N) is 1. The van der Waals surface area contributed by atoms with Crippen LogP contribution in [-0.4, -0.2) is 48.2 Å². The highest BCUT2D eigenvalue weighted by Gasteiger charge is 2.38.